The molecule has 2 aromatic rings. The van der Waals surface area contributed by atoms with E-state index in [1.54, 1.807) is 0 Å². The number of nitriles is 1. The summed E-state index contributed by atoms with van der Waals surface area (Å²) >= 11 is 0. The number of allylic oxidation sites excluding steroid dienone is 1. The molecule has 1 saturated heterocycles. The molecule has 1 aliphatic heterocycles. The summed E-state index contributed by atoms with van der Waals surface area (Å²) in [5, 5.41) is 16.7. The summed E-state index contributed by atoms with van der Waals surface area (Å²) in [4.78, 5) is 7.00. The van der Waals surface area contributed by atoms with E-state index in [0.717, 1.165) is 35.6 Å². The van der Waals surface area contributed by atoms with Crippen molar-refractivity contribution in [2.24, 2.45) is 0 Å². The van der Waals surface area contributed by atoms with Gasteiger partial charge in [-0.15, -0.1) is 0 Å². The Hall–Kier alpha value is -2.84. The maximum absolute atomic E-state index is 9.05. The van der Waals surface area contributed by atoms with Gasteiger partial charge in [-0.2, -0.15) is 5.26 Å². The summed E-state index contributed by atoms with van der Waals surface area (Å²) in [5.41, 5.74) is 4.14. The standard InChI is InChI=1S/C26H33N5/c1-19(2)21-13-14-28-26(16-21)30-25-8-4-3-7-24(25)29-22-6-5-15-31(18-22)23-11-9-20(17-27)10-12-23/h9-14,16,22,24-25,29H,1,3-8,15,18H2,2H3,(H,28,30)/t22-,24+,25+/m0/s1. The van der Waals surface area contributed by atoms with Crippen molar-refractivity contribution >= 4 is 17.1 Å². The van der Waals surface area contributed by atoms with Crippen LogP contribution in [0, 0.1) is 11.3 Å². The Labute approximate surface area is 186 Å². The monoisotopic (exact) mass is 415 g/mol. The van der Waals surface area contributed by atoms with E-state index in [9.17, 15) is 0 Å². The van der Waals surface area contributed by atoms with Crippen molar-refractivity contribution in [3.8, 4) is 6.07 Å². The van der Waals surface area contributed by atoms with Crippen LogP contribution in [0.5, 0.6) is 0 Å². The minimum Gasteiger partial charge on any atom is -0.370 e. The van der Waals surface area contributed by atoms with E-state index < -0.39 is 0 Å². The number of nitrogens with one attached hydrogen (secondary N) is 2. The Morgan fingerprint density at radius 1 is 1.10 bits per heavy atom. The number of hydrogen-bond donors (Lipinski definition) is 2. The van der Waals surface area contributed by atoms with Gasteiger partial charge >= 0.3 is 0 Å². The summed E-state index contributed by atoms with van der Waals surface area (Å²) in [6, 6.07) is 15.6. The van der Waals surface area contributed by atoms with Crippen molar-refractivity contribution in [2.75, 3.05) is 23.3 Å². The first-order chi connectivity index (χ1) is 15.1. The molecular formula is C26H33N5. The number of aromatic nitrogens is 1. The predicted molar refractivity (Wildman–Crippen MR) is 128 cm³/mol. The average molecular weight is 416 g/mol. The van der Waals surface area contributed by atoms with Gasteiger partial charge in [0.25, 0.3) is 0 Å². The fraction of sp³-hybridized carbons (Fsp3) is 0.462. The second kappa shape index (κ2) is 9.98. The molecule has 4 rings (SSSR count). The van der Waals surface area contributed by atoms with E-state index in [-0.39, 0.29) is 0 Å². The molecule has 5 nitrogen and oxygen atoms in total. The molecule has 0 bridgehead atoms. The molecule has 1 aliphatic carbocycles. The summed E-state index contributed by atoms with van der Waals surface area (Å²) in [7, 11) is 0. The number of anilines is 2. The highest BCUT2D eigenvalue weighted by Gasteiger charge is 2.29. The van der Waals surface area contributed by atoms with Gasteiger partial charge < -0.3 is 15.5 Å². The van der Waals surface area contributed by atoms with E-state index in [1.165, 1.54) is 44.2 Å². The number of nitrogens with zero attached hydrogens (tertiary/aromatic N) is 3. The minimum atomic E-state index is 0.395. The van der Waals surface area contributed by atoms with E-state index in [1.807, 2.05) is 31.3 Å². The van der Waals surface area contributed by atoms with Crippen LogP contribution in [0.1, 0.15) is 56.6 Å². The second-order valence-corrected chi connectivity index (χ2v) is 8.96. The zero-order chi connectivity index (χ0) is 21.6. The molecular weight excluding hydrogens is 382 g/mol. The molecule has 1 aromatic heterocycles. The topological polar surface area (TPSA) is 64.0 Å². The Bertz CT molecular complexity index is 930. The maximum atomic E-state index is 9.05. The quantitative estimate of drug-likeness (QED) is 0.697. The molecule has 2 fully saturated rings. The van der Waals surface area contributed by atoms with Crippen molar-refractivity contribution in [1.82, 2.24) is 10.3 Å². The van der Waals surface area contributed by atoms with Crippen LogP contribution in [-0.2, 0) is 0 Å². The summed E-state index contributed by atoms with van der Waals surface area (Å²) in [6.45, 7) is 8.18. The molecule has 1 saturated carbocycles. The van der Waals surface area contributed by atoms with Crippen LogP contribution in [0.25, 0.3) is 5.57 Å². The minimum absolute atomic E-state index is 0.395. The van der Waals surface area contributed by atoms with Crippen LogP contribution >= 0.6 is 0 Å². The fourth-order valence-electron chi connectivity index (χ4n) is 4.87. The SMILES string of the molecule is C=C(C)c1ccnc(N[C@@H]2CCCC[C@H]2N[C@H]2CCCN(c3ccc(C#N)cc3)C2)c1. The number of hydrogen-bond acceptors (Lipinski definition) is 5. The van der Waals surface area contributed by atoms with Crippen LogP contribution in [0.4, 0.5) is 11.5 Å². The predicted octanol–water partition coefficient (Wildman–Crippen LogP) is 4.97. The molecule has 162 valence electrons. The number of benzene rings is 1. The Morgan fingerprint density at radius 3 is 2.61 bits per heavy atom. The van der Waals surface area contributed by atoms with Crippen LogP contribution in [0.3, 0.4) is 0 Å². The van der Waals surface area contributed by atoms with Gasteiger partial charge in [-0.05, 0) is 74.6 Å². The van der Waals surface area contributed by atoms with Crippen molar-refractivity contribution in [1.29, 1.82) is 5.26 Å². The van der Waals surface area contributed by atoms with Gasteiger partial charge in [0.1, 0.15) is 5.82 Å². The molecule has 0 amide bonds. The molecule has 0 unspecified atom stereocenters. The van der Waals surface area contributed by atoms with Crippen molar-refractivity contribution in [2.45, 2.75) is 63.6 Å². The average Bonchev–Trinajstić information content (AvgIpc) is 2.81. The first-order valence-corrected chi connectivity index (χ1v) is 11.5. The van der Waals surface area contributed by atoms with E-state index >= 15 is 0 Å². The zero-order valence-corrected chi connectivity index (χ0v) is 18.5. The summed E-state index contributed by atoms with van der Waals surface area (Å²) in [6.07, 6.45) is 9.17. The Morgan fingerprint density at radius 2 is 1.87 bits per heavy atom. The normalized spacial score (nSPS) is 23.7. The molecule has 2 heterocycles. The molecule has 0 spiro atoms. The van der Waals surface area contributed by atoms with Crippen LogP contribution in [0.15, 0.2) is 49.2 Å². The largest absolute Gasteiger partial charge is 0.370 e. The smallest absolute Gasteiger partial charge is 0.126 e. The fourth-order valence-corrected chi connectivity index (χ4v) is 4.87. The first-order valence-electron chi connectivity index (χ1n) is 11.5. The third kappa shape index (κ3) is 5.45. The molecule has 3 atom stereocenters. The van der Waals surface area contributed by atoms with E-state index in [4.69, 9.17) is 5.26 Å². The number of rotatable bonds is 6. The maximum Gasteiger partial charge on any atom is 0.126 e. The third-order valence-corrected chi connectivity index (χ3v) is 6.58. The van der Waals surface area contributed by atoms with Crippen molar-refractivity contribution in [3.63, 3.8) is 0 Å². The lowest BCUT2D eigenvalue weighted by atomic mass is 9.89. The van der Waals surface area contributed by atoms with Gasteiger partial charge in [0.2, 0.25) is 0 Å². The first kappa shape index (κ1) is 21.4. The van der Waals surface area contributed by atoms with Gasteiger partial charge in [-0.3, -0.25) is 0 Å². The van der Waals surface area contributed by atoms with Gasteiger partial charge in [0.05, 0.1) is 11.6 Å². The molecule has 5 heteroatoms. The van der Waals surface area contributed by atoms with E-state index in [0.29, 0.717) is 18.1 Å². The van der Waals surface area contributed by atoms with Crippen LogP contribution in [0.2, 0.25) is 0 Å². The highest BCUT2D eigenvalue weighted by atomic mass is 15.2. The second-order valence-electron chi connectivity index (χ2n) is 8.96. The highest BCUT2D eigenvalue weighted by Crippen LogP contribution is 2.26. The van der Waals surface area contributed by atoms with Gasteiger partial charge in [0, 0.05) is 43.1 Å². The van der Waals surface area contributed by atoms with E-state index in [2.05, 4.69) is 51.4 Å². The van der Waals surface area contributed by atoms with Gasteiger partial charge in [-0.1, -0.05) is 25.0 Å². The summed E-state index contributed by atoms with van der Waals surface area (Å²) < 4.78 is 0. The number of piperidine rings is 1. The molecule has 1 aromatic carbocycles. The lowest BCUT2D eigenvalue weighted by Crippen LogP contribution is -2.55. The van der Waals surface area contributed by atoms with Crippen LogP contribution < -0.4 is 15.5 Å². The number of pyridine rings is 1. The molecule has 31 heavy (non-hydrogen) atoms. The summed E-state index contributed by atoms with van der Waals surface area (Å²) in [5.74, 6) is 0.946. The molecule has 2 N–H and O–H groups in total. The molecule has 0 radical (unpaired) electrons. The molecule has 2 aliphatic rings. The highest BCUT2D eigenvalue weighted by molar-refractivity contribution is 5.63. The lowest BCUT2D eigenvalue weighted by Gasteiger charge is -2.40. The van der Waals surface area contributed by atoms with Crippen molar-refractivity contribution < 1.29 is 0 Å². The Kier molecular flexibility index (Phi) is 6.89. The van der Waals surface area contributed by atoms with Gasteiger partial charge in [-0.25, -0.2) is 4.98 Å². The van der Waals surface area contributed by atoms with Crippen molar-refractivity contribution in [3.05, 3.63) is 60.3 Å². The zero-order valence-electron chi connectivity index (χ0n) is 18.5. The lowest BCUT2D eigenvalue weighted by molar-refractivity contribution is 0.293. The Balaban J connectivity index is 1.39. The van der Waals surface area contributed by atoms with Gasteiger partial charge in [0.15, 0.2) is 0 Å². The van der Waals surface area contributed by atoms with Crippen LogP contribution in [-0.4, -0.2) is 36.2 Å². The third-order valence-electron chi connectivity index (χ3n) is 6.58.